The molecule has 2 fully saturated rings. The molecule has 0 unspecified atom stereocenters. The first kappa shape index (κ1) is 19.8. The van der Waals surface area contributed by atoms with Crippen LogP contribution in [0, 0.1) is 23.6 Å². The minimum absolute atomic E-state index is 0.0897. The molecule has 3 rings (SSSR count). The summed E-state index contributed by atoms with van der Waals surface area (Å²) in [5, 5.41) is 5.45. The van der Waals surface area contributed by atoms with Crippen LogP contribution in [-0.4, -0.2) is 44.3 Å². The van der Waals surface area contributed by atoms with Crippen LogP contribution in [0.2, 0.25) is 0 Å². The zero-order chi connectivity index (χ0) is 19.6. The maximum atomic E-state index is 13.6. The fraction of sp³-hybridized carbons (Fsp3) is 0.579. The number of halogens is 1. The average Bonchev–Trinajstić information content (AvgIpc) is 2.88. The van der Waals surface area contributed by atoms with Gasteiger partial charge in [0.2, 0.25) is 11.8 Å². The lowest BCUT2D eigenvalue weighted by molar-refractivity contribution is -0.130. The Balaban J connectivity index is 1.56. The van der Waals surface area contributed by atoms with Gasteiger partial charge in [0, 0.05) is 12.5 Å². The molecule has 0 spiro atoms. The van der Waals surface area contributed by atoms with Crippen LogP contribution in [0.1, 0.15) is 25.3 Å². The van der Waals surface area contributed by atoms with Crippen molar-refractivity contribution in [3.63, 3.8) is 0 Å². The Morgan fingerprint density at radius 3 is 2.52 bits per heavy atom. The van der Waals surface area contributed by atoms with Crippen LogP contribution in [0.15, 0.2) is 24.3 Å². The number of carbonyl (C=O) groups is 2. The molecule has 27 heavy (non-hydrogen) atoms. The van der Waals surface area contributed by atoms with Gasteiger partial charge in [-0.2, -0.15) is 0 Å². The summed E-state index contributed by atoms with van der Waals surface area (Å²) in [5.41, 5.74) is 0.487. The molecule has 1 saturated heterocycles. The van der Waals surface area contributed by atoms with Gasteiger partial charge in [0.25, 0.3) is 0 Å². The third-order valence-corrected chi connectivity index (χ3v) is 7.15. The summed E-state index contributed by atoms with van der Waals surface area (Å²) in [6.07, 6.45) is 1.91. The van der Waals surface area contributed by atoms with Crippen LogP contribution in [0.25, 0.3) is 0 Å². The van der Waals surface area contributed by atoms with Gasteiger partial charge < -0.3 is 10.6 Å². The van der Waals surface area contributed by atoms with Gasteiger partial charge in [0.05, 0.1) is 23.5 Å². The molecule has 2 N–H and O–H groups in total. The van der Waals surface area contributed by atoms with Crippen LogP contribution in [0.4, 0.5) is 4.39 Å². The molecule has 1 aliphatic carbocycles. The van der Waals surface area contributed by atoms with E-state index in [0.29, 0.717) is 17.9 Å². The average molecular weight is 396 g/mol. The molecule has 1 heterocycles. The van der Waals surface area contributed by atoms with Crippen LogP contribution < -0.4 is 10.6 Å². The predicted octanol–water partition coefficient (Wildman–Crippen LogP) is 1.06. The number of sulfone groups is 1. The maximum absolute atomic E-state index is 13.6. The molecule has 1 aromatic carbocycles. The Hall–Kier alpha value is -1.96. The standard InChI is InChI=1S/C19H25FN2O4S/c1-12-8-14(9-12)18(23)22-17-11-27(25,26)10-15(17)19(24)21-7-6-13-4-2-3-5-16(13)20/h2-5,12,14-15,17H,6-11H2,1H3,(H,21,24)(H,22,23)/t12?,14?,15-,17-/m1/s1. The lowest BCUT2D eigenvalue weighted by Gasteiger charge is -2.32. The fourth-order valence-electron chi connectivity index (χ4n) is 3.82. The van der Waals surface area contributed by atoms with E-state index in [-0.39, 0.29) is 35.7 Å². The van der Waals surface area contributed by atoms with E-state index in [1.165, 1.54) is 6.07 Å². The normalized spacial score (nSPS) is 29.0. The Kier molecular flexibility index (Phi) is 5.83. The van der Waals surface area contributed by atoms with Crippen molar-refractivity contribution in [1.29, 1.82) is 0 Å². The molecule has 1 aromatic rings. The van der Waals surface area contributed by atoms with Crippen molar-refractivity contribution in [3.05, 3.63) is 35.6 Å². The molecular weight excluding hydrogens is 371 g/mol. The van der Waals surface area contributed by atoms with Crippen LogP contribution >= 0.6 is 0 Å². The number of nitrogens with one attached hydrogen (secondary N) is 2. The quantitative estimate of drug-likeness (QED) is 0.752. The lowest BCUT2D eigenvalue weighted by Crippen LogP contribution is -2.49. The summed E-state index contributed by atoms with van der Waals surface area (Å²) in [6, 6.07) is 5.61. The third kappa shape index (κ3) is 4.86. The Morgan fingerprint density at radius 1 is 1.15 bits per heavy atom. The SMILES string of the molecule is CC1CC(C(=O)N[C@@H]2CS(=O)(=O)C[C@H]2C(=O)NCCc2ccccc2F)C1. The van der Waals surface area contributed by atoms with Crippen LogP contribution in [0.3, 0.4) is 0 Å². The molecule has 0 bridgehead atoms. The highest BCUT2D eigenvalue weighted by Gasteiger charge is 2.44. The van der Waals surface area contributed by atoms with Crippen molar-refractivity contribution in [2.45, 2.75) is 32.2 Å². The van der Waals surface area contributed by atoms with Crippen molar-refractivity contribution in [2.75, 3.05) is 18.1 Å². The van der Waals surface area contributed by atoms with Crippen LogP contribution in [0.5, 0.6) is 0 Å². The Labute approximate surface area is 158 Å². The van der Waals surface area contributed by atoms with Crippen molar-refractivity contribution in [1.82, 2.24) is 10.6 Å². The minimum atomic E-state index is -3.38. The summed E-state index contributed by atoms with van der Waals surface area (Å²) in [4.78, 5) is 24.7. The molecule has 6 nitrogen and oxygen atoms in total. The van der Waals surface area contributed by atoms with E-state index in [9.17, 15) is 22.4 Å². The number of rotatable bonds is 6. The summed E-state index contributed by atoms with van der Waals surface area (Å²) in [5.74, 6) is -1.80. The number of carbonyl (C=O) groups excluding carboxylic acids is 2. The number of hydrogen-bond acceptors (Lipinski definition) is 4. The second-order valence-corrected chi connectivity index (χ2v) is 9.86. The first-order chi connectivity index (χ1) is 12.7. The largest absolute Gasteiger partial charge is 0.355 e. The van der Waals surface area contributed by atoms with Gasteiger partial charge in [0.1, 0.15) is 5.82 Å². The molecule has 148 valence electrons. The van der Waals surface area contributed by atoms with Gasteiger partial charge in [0.15, 0.2) is 9.84 Å². The fourth-order valence-corrected chi connectivity index (χ4v) is 5.75. The topological polar surface area (TPSA) is 92.3 Å². The van der Waals surface area contributed by atoms with E-state index in [4.69, 9.17) is 0 Å². The summed E-state index contributed by atoms with van der Waals surface area (Å²) < 4.78 is 37.6. The molecule has 2 aliphatic rings. The first-order valence-corrected chi connectivity index (χ1v) is 11.1. The summed E-state index contributed by atoms with van der Waals surface area (Å²) in [6.45, 7) is 2.27. The molecular formula is C19H25FN2O4S. The molecule has 0 radical (unpaired) electrons. The smallest absolute Gasteiger partial charge is 0.226 e. The van der Waals surface area contributed by atoms with Gasteiger partial charge in [-0.3, -0.25) is 9.59 Å². The van der Waals surface area contributed by atoms with E-state index in [1.807, 2.05) is 0 Å². The Morgan fingerprint density at radius 2 is 1.85 bits per heavy atom. The third-order valence-electron chi connectivity index (χ3n) is 5.41. The second-order valence-electron chi connectivity index (χ2n) is 7.70. The zero-order valence-corrected chi connectivity index (χ0v) is 16.1. The van der Waals surface area contributed by atoms with E-state index in [1.54, 1.807) is 18.2 Å². The van der Waals surface area contributed by atoms with Crippen LogP contribution in [-0.2, 0) is 25.8 Å². The van der Waals surface area contributed by atoms with Gasteiger partial charge in [-0.1, -0.05) is 25.1 Å². The number of amides is 2. The van der Waals surface area contributed by atoms with Crippen molar-refractivity contribution in [2.24, 2.45) is 17.8 Å². The molecule has 2 amide bonds. The zero-order valence-electron chi connectivity index (χ0n) is 15.3. The molecule has 0 aromatic heterocycles. The predicted molar refractivity (Wildman–Crippen MR) is 99.1 cm³/mol. The van der Waals surface area contributed by atoms with Gasteiger partial charge in [-0.25, -0.2) is 12.8 Å². The molecule has 2 atom stereocenters. The van der Waals surface area contributed by atoms with Gasteiger partial charge in [-0.15, -0.1) is 0 Å². The van der Waals surface area contributed by atoms with Gasteiger partial charge in [-0.05, 0) is 36.8 Å². The first-order valence-electron chi connectivity index (χ1n) is 9.27. The second kappa shape index (κ2) is 7.96. The summed E-state index contributed by atoms with van der Waals surface area (Å²) >= 11 is 0. The van der Waals surface area contributed by atoms with Crippen molar-refractivity contribution in [3.8, 4) is 0 Å². The highest BCUT2D eigenvalue weighted by atomic mass is 32.2. The van der Waals surface area contributed by atoms with Crippen molar-refractivity contribution >= 4 is 21.7 Å². The van der Waals surface area contributed by atoms with E-state index < -0.39 is 27.7 Å². The highest BCUT2D eigenvalue weighted by molar-refractivity contribution is 7.91. The van der Waals surface area contributed by atoms with E-state index >= 15 is 0 Å². The molecule has 1 aliphatic heterocycles. The Bertz CT molecular complexity index is 821. The van der Waals surface area contributed by atoms with Gasteiger partial charge >= 0.3 is 0 Å². The number of hydrogen-bond donors (Lipinski definition) is 2. The monoisotopic (exact) mass is 396 g/mol. The highest BCUT2D eigenvalue weighted by Crippen LogP contribution is 2.33. The maximum Gasteiger partial charge on any atom is 0.226 e. The number of benzene rings is 1. The molecule has 8 heteroatoms. The van der Waals surface area contributed by atoms with E-state index in [0.717, 1.165) is 12.8 Å². The summed E-state index contributed by atoms with van der Waals surface area (Å²) in [7, 11) is -3.38. The lowest BCUT2D eigenvalue weighted by atomic mass is 9.75. The molecule has 1 saturated carbocycles. The van der Waals surface area contributed by atoms with E-state index in [2.05, 4.69) is 17.6 Å². The van der Waals surface area contributed by atoms with Crippen molar-refractivity contribution < 1.29 is 22.4 Å². The minimum Gasteiger partial charge on any atom is -0.355 e.